The van der Waals surface area contributed by atoms with Crippen LogP contribution < -0.4 is 10.5 Å². The molecule has 3 nitrogen and oxygen atoms in total. The molecule has 2 N–H and O–H groups in total. The molecule has 0 amide bonds. The highest BCUT2D eigenvalue weighted by Crippen LogP contribution is 2.32. The predicted molar refractivity (Wildman–Crippen MR) is 63.5 cm³/mol. The van der Waals surface area contributed by atoms with Crippen molar-refractivity contribution in [2.45, 2.75) is 0 Å². The van der Waals surface area contributed by atoms with Gasteiger partial charge >= 0.3 is 0 Å². The van der Waals surface area contributed by atoms with Gasteiger partial charge in [-0.25, -0.2) is 4.98 Å². The number of hydrogen-bond donors (Lipinski definition) is 1. The molecule has 0 fully saturated rings. The van der Waals surface area contributed by atoms with Crippen molar-refractivity contribution in [1.29, 1.82) is 0 Å². The molecule has 0 radical (unpaired) electrons. The summed E-state index contributed by atoms with van der Waals surface area (Å²) < 4.78 is 5.13. The van der Waals surface area contributed by atoms with Crippen LogP contribution in [0.2, 0.25) is 5.02 Å². The fourth-order valence-electron chi connectivity index (χ4n) is 1.24. The zero-order valence-electron chi connectivity index (χ0n) is 8.03. The van der Waals surface area contributed by atoms with Crippen molar-refractivity contribution in [3.05, 3.63) is 29.4 Å². The van der Waals surface area contributed by atoms with E-state index in [4.69, 9.17) is 22.1 Å². The van der Waals surface area contributed by atoms with Gasteiger partial charge in [-0.2, -0.15) is 0 Å². The monoisotopic (exact) mass is 240 g/mol. The highest BCUT2D eigenvalue weighted by Gasteiger charge is 2.05. The third-order valence-electron chi connectivity index (χ3n) is 1.92. The third kappa shape index (κ3) is 2.22. The lowest BCUT2D eigenvalue weighted by molar-refractivity contribution is 0.415. The average Bonchev–Trinajstić information content (AvgIpc) is 2.64. The average molecular weight is 241 g/mol. The summed E-state index contributed by atoms with van der Waals surface area (Å²) in [7, 11) is 1.61. The Kier molecular flexibility index (Phi) is 2.79. The SMILES string of the molecule is COc1cc(Cl)cc(-c2cnc(N)s2)c1. The van der Waals surface area contributed by atoms with Gasteiger partial charge in [0.05, 0.1) is 12.0 Å². The molecular weight excluding hydrogens is 232 g/mol. The van der Waals surface area contributed by atoms with Crippen molar-refractivity contribution in [2.24, 2.45) is 0 Å². The third-order valence-corrected chi connectivity index (χ3v) is 3.01. The van der Waals surface area contributed by atoms with Crippen LogP contribution in [0.4, 0.5) is 5.13 Å². The number of ether oxygens (including phenoxy) is 1. The molecule has 78 valence electrons. The van der Waals surface area contributed by atoms with Crippen LogP contribution in [0.5, 0.6) is 5.75 Å². The van der Waals surface area contributed by atoms with Crippen LogP contribution in [-0.2, 0) is 0 Å². The van der Waals surface area contributed by atoms with E-state index in [1.807, 2.05) is 12.1 Å². The molecule has 0 saturated heterocycles. The largest absolute Gasteiger partial charge is 0.497 e. The van der Waals surface area contributed by atoms with Crippen LogP contribution in [0.15, 0.2) is 24.4 Å². The Morgan fingerprint density at radius 3 is 2.80 bits per heavy atom. The molecule has 0 aliphatic rings. The predicted octanol–water partition coefficient (Wildman–Crippen LogP) is 3.05. The van der Waals surface area contributed by atoms with Crippen molar-refractivity contribution in [2.75, 3.05) is 12.8 Å². The smallest absolute Gasteiger partial charge is 0.180 e. The molecule has 1 aromatic carbocycles. The number of nitrogens with zero attached hydrogens (tertiary/aromatic N) is 1. The van der Waals surface area contributed by atoms with Gasteiger partial charge in [0.2, 0.25) is 0 Å². The Balaban J connectivity index is 2.48. The Hall–Kier alpha value is -1.26. The standard InChI is InChI=1S/C10H9ClN2OS/c1-14-8-3-6(2-7(11)4-8)9-5-13-10(12)15-9/h2-5H,1H3,(H2,12,13). The minimum Gasteiger partial charge on any atom is -0.497 e. The number of thiazole rings is 1. The molecule has 1 aromatic heterocycles. The second-order valence-electron chi connectivity index (χ2n) is 2.94. The van der Waals surface area contributed by atoms with E-state index >= 15 is 0 Å². The normalized spacial score (nSPS) is 10.3. The summed E-state index contributed by atoms with van der Waals surface area (Å²) in [5.74, 6) is 0.726. The summed E-state index contributed by atoms with van der Waals surface area (Å²) in [4.78, 5) is 4.97. The lowest BCUT2D eigenvalue weighted by atomic mass is 10.2. The first-order valence-electron chi connectivity index (χ1n) is 4.25. The van der Waals surface area contributed by atoms with Gasteiger partial charge in [0.15, 0.2) is 5.13 Å². The van der Waals surface area contributed by atoms with E-state index in [1.54, 1.807) is 19.4 Å². The maximum Gasteiger partial charge on any atom is 0.180 e. The summed E-state index contributed by atoms with van der Waals surface area (Å²) in [5, 5.41) is 1.18. The van der Waals surface area contributed by atoms with Crippen molar-refractivity contribution in [1.82, 2.24) is 4.98 Å². The fraction of sp³-hybridized carbons (Fsp3) is 0.100. The van der Waals surface area contributed by atoms with Crippen LogP contribution >= 0.6 is 22.9 Å². The number of methoxy groups -OCH3 is 1. The van der Waals surface area contributed by atoms with Crippen molar-refractivity contribution in [3.63, 3.8) is 0 Å². The number of rotatable bonds is 2. The number of nitrogen functional groups attached to an aromatic ring is 1. The van der Waals surface area contributed by atoms with Crippen LogP contribution in [0.1, 0.15) is 0 Å². The summed E-state index contributed by atoms with van der Waals surface area (Å²) in [5.41, 5.74) is 6.53. The van der Waals surface area contributed by atoms with Gasteiger partial charge in [0.1, 0.15) is 5.75 Å². The first kappa shape index (κ1) is 10.3. The second kappa shape index (κ2) is 4.08. The number of halogens is 1. The maximum atomic E-state index is 5.96. The van der Waals surface area contributed by atoms with E-state index in [2.05, 4.69) is 4.98 Å². The quantitative estimate of drug-likeness (QED) is 0.878. The van der Waals surface area contributed by atoms with E-state index in [-0.39, 0.29) is 0 Å². The molecule has 2 aromatic rings. The van der Waals surface area contributed by atoms with Gasteiger partial charge in [-0.15, -0.1) is 0 Å². The molecule has 15 heavy (non-hydrogen) atoms. The summed E-state index contributed by atoms with van der Waals surface area (Å²) in [6.45, 7) is 0. The number of nitrogens with two attached hydrogens (primary N) is 1. The first-order chi connectivity index (χ1) is 7.19. The van der Waals surface area contributed by atoms with Crippen LogP contribution in [-0.4, -0.2) is 12.1 Å². The topological polar surface area (TPSA) is 48.1 Å². The van der Waals surface area contributed by atoms with Crippen molar-refractivity contribution < 1.29 is 4.74 Å². The number of benzene rings is 1. The van der Waals surface area contributed by atoms with Gasteiger partial charge in [-0.3, -0.25) is 0 Å². The highest BCUT2D eigenvalue weighted by atomic mass is 35.5. The van der Waals surface area contributed by atoms with Crippen molar-refractivity contribution in [3.8, 4) is 16.2 Å². The van der Waals surface area contributed by atoms with Gasteiger partial charge in [0.25, 0.3) is 0 Å². The molecule has 0 saturated carbocycles. The van der Waals surface area contributed by atoms with Crippen molar-refractivity contribution >= 4 is 28.1 Å². The number of hydrogen-bond acceptors (Lipinski definition) is 4. The van der Waals surface area contributed by atoms with Gasteiger partial charge in [-0.05, 0) is 23.8 Å². The Morgan fingerprint density at radius 1 is 1.40 bits per heavy atom. The van der Waals surface area contributed by atoms with Gasteiger partial charge in [0, 0.05) is 11.2 Å². The van der Waals surface area contributed by atoms with E-state index in [0.29, 0.717) is 10.2 Å². The number of anilines is 1. The minimum atomic E-state index is 0.545. The molecule has 0 aliphatic carbocycles. The summed E-state index contributed by atoms with van der Waals surface area (Å²) >= 11 is 7.38. The molecule has 0 atom stereocenters. The molecule has 1 heterocycles. The van der Waals surface area contributed by atoms with Gasteiger partial charge in [-0.1, -0.05) is 22.9 Å². The van der Waals surface area contributed by atoms with E-state index in [0.717, 1.165) is 16.2 Å². The molecule has 0 unspecified atom stereocenters. The molecule has 5 heteroatoms. The van der Waals surface area contributed by atoms with E-state index in [1.165, 1.54) is 11.3 Å². The fourth-order valence-corrected chi connectivity index (χ4v) is 2.14. The van der Waals surface area contributed by atoms with E-state index < -0.39 is 0 Å². The molecule has 2 rings (SSSR count). The molecular formula is C10H9ClN2OS. The van der Waals surface area contributed by atoms with E-state index in [9.17, 15) is 0 Å². The maximum absolute atomic E-state index is 5.96. The zero-order chi connectivity index (χ0) is 10.8. The first-order valence-corrected chi connectivity index (χ1v) is 5.45. The zero-order valence-corrected chi connectivity index (χ0v) is 9.60. The summed E-state index contributed by atoms with van der Waals surface area (Å²) in [6.07, 6.45) is 1.73. The molecule has 0 spiro atoms. The number of aromatic nitrogens is 1. The van der Waals surface area contributed by atoms with Crippen LogP contribution in [0.25, 0.3) is 10.4 Å². The van der Waals surface area contributed by atoms with Gasteiger partial charge < -0.3 is 10.5 Å². The molecule has 0 bridgehead atoms. The Bertz CT molecular complexity index is 484. The highest BCUT2D eigenvalue weighted by molar-refractivity contribution is 7.18. The lowest BCUT2D eigenvalue weighted by Crippen LogP contribution is -1.83. The Morgan fingerprint density at radius 2 is 2.20 bits per heavy atom. The molecule has 0 aliphatic heterocycles. The minimum absolute atomic E-state index is 0.545. The lowest BCUT2D eigenvalue weighted by Gasteiger charge is -2.03. The Labute approximate surface area is 96.5 Å². The van der Waals surface area contributed by atoms with Crippen LogP contribution in [0, 0.1) is 0 Å². The second-order valence-corrected chi connectivity index (χ2v) is 4.44. The summed E-state index contributed by atoms with van der Waals surface area (Å²) in [6, 6.07) is 5.52. The van der Waals surface area contributed by atoms with Crippen LogP contribution in [0.3, 0.4) is 0 Å².